The van der Waals surface area contributed by atoms with Gasteiger partial charge in [0, 0.05) is 10.9 Å². The number of fused-ring (bicyclic) bond motifs is 1. The number of hydrogen-bond acceptors (Lipinski definition) is 6. The van der Waals surface area contributed by atoms with Gasteiger partial charge >= 0.3 is 6.18 Å². The number of anilines is 1. The third kappa shape index (κ3) is 3.23. The van der Waals surface area contributed by atoms with E-state index in [9.17, 15) is 18.3 Å². The Balaban J connectivity index is 1.85. The highest BCUT2D eigenvalue weighted by molar-refractivity contribution is 5.87. The van der Waals surface area contributed by atoms with Crippen molar-refractivity contribution in [1.82, 2.24) is 19.7 Å². The molecule has 3 aromatic heterocycles. The van der Waals surface area contributed by atoms with Crippen molar-refractivity contribution in [3.05, 3.63) is 35.0 Å². The second-order valence-electron chi connectivity index (χ2n) is 7.95. The molecule has 1 saturated carbocycles. The highest BCUT2D eigenvalue weighted by Crippen LogP contribution is 2.44. The van der Waals surface area contributed by atoms with Gasteiger partial charge in [-0.2, -0.15) is 18.3 Å². The zero-order valence-electron chi connectivity index (χ0n) is 16.4. The topological polar surface area (TPSA) is 99.1 Å². The lowest BCUT2D eigenvalue weighted by molar-refractivity contribution is -0.137. The maximum Gasteiger partial charge on any atom is 0.418 e. The number of aryl methyl sites for hydroxylation is 1. The number of alkyl halides is 3. The van der Waals surface area contributed by atoms with Gasteiger partial charge < -0.3 is 15.6 Å². The molecule has 4 heterocycles. The Kier molecular flexibility index (Phi) is 4.45. The fraction of sp³-hybridized carbons (Fsp3) is 0.450. The monoisotopic (exact) mass is 437 g/mol. The highest BCUT2D eigenvalue weighted by atomic mass is 19.4. The third-order valence-corrected chi connectivity index (χ3v) is 5.78. The molecule has 0 amide bonds. The van der Waals surface area contributed by atoms with Crippen LogP contribution in [0.2, 0.25) is 0 Å². The molecule has 1 aliphatic heterocycles. The van der Waals surface area contributed by atoms with Gasteiger partial charge in [-0.3, -0.25) is 4.68 Å². The van der Waals surface area contributed by atoms with E-state index in [0.29, 0.717) is 11.8 Å². The lowest BCUT2D eigenvalue weighted by Gasteiger charge is -2.19. The molecular weight excluding hydrogens is 418 g/mol. The quantitative estimate of drug-likeness (QED) is 0.607. The van der Waals surface area contributed by atoms with Crippen LogP contribution in [0.4, 0.5) is 23.4 Å². The number of halogens is 4. The van der Waals surface area contributed by atoms with Gasteiger partial charge in [0.05, 0.1) is 41.7 Å². The Labute approximate surface area is 173 Å². The Bertz CT molecular complexity index is 1190. The number of hydrogen-bond donors (Lipinski definition) is 2. The number of rotatable bonds is 3. The van der Waals surface area contributed by atoms with Crippen LogP contribution in [0.1, 0.15) is 48.2 Å². The number of ether oxygens (including phenoxy) is 1. The first-order chi connectivity index (χ1) is 14.7. The number of aliphatic hydroxyl groups is 1. The Morgan fingerprint density at radius 1 is 1.23 bits per heavy atom. The predicted molar refractivity (Wildman–Crippen MR) is 102 cm³/mol. The first-order valence-corrected chi connectivity index (χ1v) is 9.87. The first kappa shape index (κ1) is 20.1. The lowest BCUT2D eigenvalue weighted by Crippen LogP contribution is -2.17. The van der Waals surface area contributed by atoms with Crippen LogP contribution in [0.3, 0.4) is 0 Å². The molecule has 1 saturated heterocycles. The van der Waals surface area contributed by atoms with Crippen LogP contribution in [0.25, 0.3) is 22.2 Å². The van der Waals surface area contributed by atoms with Crippen LogP contribution in [0, 0.1) is 12.7 Å². The fourth-order valence-corrected chi connectivity index (χ4v) is 4.26. The van der Waals surface area contributed by atoms with Crippen LogP contribution < -0.4 is 5.73 Å². The van der Waals surface area contributed by atoms with E-state index < -0.39 is 41.0 Å². The van der Waals surface area contributed by atoms with Gasteiger partial charge in [-0.05, 0) is 32.3 Å². The summed E-state index contributed by atoms with van der Waals surface area (Å²) in [6.07, 6.45) is -2.54. The van der Waals surface area contributed by atoms with Crippen LogP contribution in [0.15, 0.2) is 12.3 Å². The van der Waals surface area contributed by atoms with E-state index in [4.69, 9.17) is 10.5 Å². The van der Waals surface area contributed by atoms with Gasteiger partial charge in [0.25, 0.3) is 0 Å². The minimum atomic E-state index is -4.80. The summed E-state index contributed by atoms with van der Waals surface area (Å²) in [5.74, 6) is -1.70. The summed E-state index contributed by atoms with van der Waals surface area (Å²) in [4.78, 5) is 8.01. The summed E-state index contributed by atoms with van der Waals surface area (Å²) >= 11 is 0. The average Bonchev–Trinajstić information content (AvgIpc) is 3.27. The van der Waals surface area contributed by atoms with Crippen molar-refractivity contribution in [2.24, 2.45) is 0 Å². The summed E-state index contributed by atoms with van der Waals surface area (Å²) in [5.41, 5.74) is 3.59. The molecule has 3 aromatic rings. The van der Waals surface area contributed by atoms with E-state index in [2.05, 4.69) is 15.1 Å². The van der Waals surface area contributed by atoms with Crippen LogP contribution >= 0.6 is 0 Å². The highest BCUT2D eigenvalue weighted by Gasteiger charge is 2.40. The number of pyridine rings is 2. The van der Waals surface area contributed by atoms with Gasteiger partial charge in [-0.15, -0.1) is 0 Å². The largest absolute Gasteiger partial charge is 0.418 e. The van der Waals surface area contributed by atoms with Crippen LogP contribution in [-0.4, -0.2) is 37.8 Å². The van der Waals surface area contributed by atoms with Gasteiger partial charge in [0.2, 0.25) is 0 Å². The summed E-state index contributed by atoms with van der Waals surface area (Å²) in [5, 5.41) is 14.9. The van der Waals surface area contributed by atoms with Crippen molar-refractivity contribution < 1.29 is 27.4 Å². The molecule has 11 heteroatoms. The van der Waals surface area contributed by atoms with E-state index in [0.717, 1.165) is 18.9 Å². The lowest BCUT2D eigenvalue weighted by atomic mass is 9.96. The Morgan fingerprint density at radius 3 is 2.58 bits per heavy atom. The molecule has 0 bridgehead atoms. The van der Waals surface area contributed by atoms with Crippen molar-refractivity contribution in [2.45, 2.75) is 50.6 Å². The minimum Gasteiger partial charge on any atom is -0.384 e. The maximum absolute atomic E-state index is 15.8. The second kappa shape index (κ2) is 6.86. The van der Waals surface area contributed by atoms with E-state index in [1.54, 1.807) is 0 Å². The van der Waals surface area contributed by atoms with Crippen LogP contribution in [0.5, 0.6) is 0 Å². The summed E-state index contributed by atoms with van der Waals surface area (Å²) in [6, 6.07) is 0.960. The van der Waals surface area contributed by atoms with E-state index in [-0.39, 0.29) is 35.4 Å². The SMILES string of the molecule is Cc1nc(N)cc(-c2nc(C3CCOC3O)c3cnn(C4CC4)c3c2F)c1C(F)(F)F. The molecule has 1 aliphatic carbocycles. The molecule has 164 valence electrons. The molecule has 5 rings (SSSR count). The molecule has 0 spiro atoms. The summed E-state index contributed by atoms with van der Waals surface area (Å²) in [6.45, 7) is 1.43. The molecule has 7 nitrogen and oxygen atoms in total. The van der Waals surface area contributed by atoms with Gasteiger partial charge in [-0.25, -0.2) is 14.4 Å². The van der Waals surface area contributed by atoms with E-state index >= 15 is 4.39 Å². The Morgan fingerprint density at radius 2 is 1.97 bits per heavy atom. The number of aromatic nitrogens is 4. The molecule has 0 aromatic carbocycles. The van der Waals surface area contributed by atoms with Crippen molar-refractivity contribution in [3.63, 3.8) is 0 Å². The first-order valence-electron chi connectivity index (χ1n) is 9.87. The van der Waals surface area contributed by atoms with Gasteiger partial charge in [0.1, 0.15) is 17.0 Å². The van der Waals surface area contributed by atoms with Crippen molar-refractivity contribution in [1.29, 1.82) is 0 Å². The molecule has 3 N–H and O–H groups in total. The molecule has 31 heavy (non-hydrogen) atoms. The zero-order valence-corrected chi connectivity index (χ0v) is 16.4. The summed E-state index contributed by atoms with van der Waals surface area (Å²) < 4.78 is 64.1. The van der Waals surface area contributed by atoms with E-state index in [1.807, 2.05) is 0 Å². The smallest absolute Gasteiger partial charge is 0.384 e. The van der Waals surface area contributed by atoms with Crippen molar-refractivity contribution in [3.8, 4) is 11.3 Å². The van der Waals surface area contributed by atoms with Gasteiger partial charge in [0.15, 0.2) is 12.1 Å². The van der Waals surface area contributed by atoms with Crippen LogP contribution in [-0.2, 0) is 10.9 Å². The molecular formula is C20H19F4N5O2. The summed E-state index contributed by atoms with van der Waals surface area (Å²) in [7, 11) is 0. The predicted octanol–water partition coefficient (Wildman–Crippen LogP) is 3.70. The molecule has 2 unspecified atom stereocenters. The number of nitrogen functional groups attached to an aromatic ring is 1. The third-order valence-electron chi connectivity index (χ3n) is 5.78. The number of nitrogens with two attached hydrogens (primary N) is 1. The second-order valence-corrected chi connectivity index (χ2v) is 7.95. The minimum absolute atomic E-state index is 0.0221. The standard InChI is InChI=1S/C20H19F4N5O2/c1-8-14(20(22,23)24)11(6-13(25)27-8)17-15(21)18-12(7-26-29(18)9-2-3-9)16(28-17)10-4-5-31-19(10)30/h6-7,9-10,19,30H,2-5H2,1H3,(H2,25,27). The zero-order chi connectivity index (χ0) is 22.1. The number of aliphatic hydroxyl groups excluding tert-OH is 1. The molecule has 2 atom stereocenters. The molecule has 0 radical (unpaired) electrons. The molecule has 2 aliphatic rings. The molecule has 2 fully saturated rings. The number of nitrogens with zero attached hydrogens (tertiary/aromatic N) is 4. The fourth-order valence-electron chi connectivity index (χ4n) is 4.26. The van der Waals surface area contributed by atoms with Crippen molar-refractivity contribution >= 4 is 16.7 Å². The van der Waals surface area contributed by atoms with Gasteiger partial charge in [-0.1, -0.05) is 0 Å². The normalized spacial score (nSPS) is 21.9. The maximum atomic E-state index is 15.8. The average molecular weight is 437 g/mol. The van der Waals surface area contributed by atoms with E-state index in [1.165, 1.54) is 17.8 Å². The Hall–Kier alpha value is -2.79. The van der Waals surface area contributed by atoms with Crippen molar-refractivity contribution in [2.75, 3.05) is 12.3 Å².